The lowest BCUT2D eigenvalue weighted by atomic mass is 10.1. The number of pyridine rings is 1. The van der Waals surface area contributed by atoms with E-state index in [0.717, 1.165) is 5.56 Å². The number of rotatable bonds is 6. The first-order chi connectivity index (χ1) is 9.77. The second-order valence-electron chi connectivity index (χ2n) is 5.46. The molecule has 0 saturated carbocycles. The quantitative estimate of drug-likeness (QED) is 0.825. The van der Waals surface area contributed by atoms with Crippen LogP contribution in [0.15, 0.2) is 18.3 Å². The molecular formula is C13H20N2O4S2. The molecule has 0 radical (unpaired) electrons. The minimum Gasteiger partial charge on any atom is -0.260 e. The fourth-order valence-corrected chi connectivity index (χ4v) is 5.43. The number of hydrogen-bond donors (Lipinski definition) is 1. The van der Waals surface area contributed by atoms with E-state index in [1.807, 2.05) is 13.0 Å². The van der Waals surface area contributed by atoms with Crippen molar-refractivity contribution in [1.29, 1.82) is 0 Å². The van der Waals surface area contributed by atoms with Crippen LogP contribution in [0.2, 0.25) is 0 Å². The number of hydrogen-bond acceptors (Lipinski definition) is 5. The Morgan fingerprint density at radius 3 is 2.81 bits per heavy atom. The van der Waals surface area contributed by atoms with Gasteiger partial charge in [0.25, 0.3) is 0 Å². The van der Waals surface area contributed by atoms with Crippen molar-refractivity contribution in [2.75, 3.05) is 17.3 Å². The van der Waals surface area contributed by atoms with E-state index >= 15 is 0 Å². The highest BCUT2D eigenvalue weighted by atomic mass is 32.2. The average molecular weight is 332 g/mol. The second-order valence-corrected chi connectivity index (χ2v) is 9.62. The van der Waals surface area contributed by atoms with E-state index < -0.39 is 19.9 Å². The van der Waals surface area contributed by atoms with E-state index in [4.69, 9.17) is 0 Å². The molecule has 1 aromatic rings. The zero-order valence-electron chi connectivity index (χ0n) is 11.9. The molecule has 1 N–H and O–H groups in total. The summed E-state index contributed by atoms with van der Waals surface area (Å²) in [6.45, 7) is 2.04. The van der Waals surface area contributed by atoms with Gasteiger partial charge in [-0.1, -0.05) is 6.07 Å². The molecule has 2 heterocycles. The molecule has 8 heteroatoms. The van der Waals surface area contributed by atoms with Crippen LogP contribution in [0, 0.1) is 12.8 Å². The SMILES string of the molecule is Cc1cccnc1CNS(=O)(=O)CCC1CCS(=O)(=O)C1. The molecule has 1 atom stereocenters. The van der Waals surface area contributed by atoms with Gasteiger partial charge < -0.3 is 0 Å². The minimum atomic E-state index is -3.41. The van der Waals surface area contributed by atoms with E-state index in [9.17, 15) is 16.8 Å². The van der Waals surface area contributed by atoms with Gasteiger partial charge in [-0.3, -0.25) is 4.98 Å². The smallest absolute Gasteiger partial charge is 0.211 e. The van der Waals surface area contributed by atoms with Crippen molar-refractivity contribution in [3.05, 3.63) is 29.6 Å². The molecule has 0 bridgehead atoms. The summed E-state index contributed by atoms with van der Waals surface area (Å²) in [5.74, 6) is 0.210. The Kier molecular flexibility index (Phi) is 5.00. The summed E-state index contributed by atoms with van der Waals surface area (Å²) in [6, 6.07) is 3.67. The normalized spacial score (nSPS) is 21.5. The second kappa shape index (κ2) is 6.41. The Morgan fingerprint density at radius 2 is 2.19 bits per heavy atom. The van der Waals surface area contributed by atoms with Crippen LogP contribution in [-0.2, 0) is 26.4 Å². The Morgan fingerprint density at radius 1 is 1.43 bits per heavy atom. The van der Waals surface area contributed by atoms with Crippen molar-refractivity contribution >= 4 is 19.9 Å². The third kappa shape index (κ3) is 5.05. The van der Waals surface area contributed by atoms with Gasteiger partial charge in [-0.15, -0.1) is 0 Å². The van der Waals surface area contributed by atoms with Crippen LogP contribution in [0.25, 0.3) is 0 Å². The number of aryl methyl sites for hydroxylation is 1. The van der Waals surface area contributed by atoms with Crippen molar-refractivity contribution in [3.8, 4) is 0 Å². The minimum absolute atomic E-state index is 0.0387. The van der Waals surface area contributed by atoms with Gasteiger partial charge in [0.2, 0.25) is 10.0 Å². The molecule has 6 nitrogen and oxygen atoms in total. The molecule has 0 amide bonds. The molecule has 0 aliphatic carbocycles. The van der Waals surface area contributed by atoms with Crippen molar-refractivity contribution in [2.45, 2.75) is 26.3 Å². The molecule has 21 heavy (non-hydrogen) atoms. The van der Waals surface area contributed by atoms with Gasteiger partial charge in [0.1, 0.15) is 0 Å². The maximum Gasteiger partial charge on any atom is 0.211 e. The molecule has 1 unspecified atom stereocenters. The zero-order chi connectivity index (χ0) is 15.5. The topological polar surface area (TPSA) is 93.2 Å². The van der Waals surface area contributed by atoms with Crippen LogP contribution in [0.3, 0.4) is 0 Å². The largest absolute Gasteiger partial charge is 0.260 e. The van der Waals surface area contributed by atoms with Gasteiger partial charge in [0.15, 0.2) is 9.84 Å². The first kappa shape index (κ1) is 16.4. The lowest BCUT2D eigenvalue weighted by Crippen LogP contribution is -2.27. The molecule has 1 saturated heterocycles. The average Bonchev–Trinajstić information content (AvgIpc) is 2.76. The third-order valence-corrected chi connectivity index (χ3v) is 6.89. The maximum absolute atomic E-state index is 11.9. The van der Waals surface area contributed by atoms with Crippen LogP contribution in [0.1, 0.15) is 24.1 Å². The maximum atomic E-state index is 11.9. The highest BCUT2D eigenvalue weighted by Crippen LogP contribution is 2.21. The van der Waals surface area contributed by atoms with Crippen LogP contribution in [-0.4, -0.2) is 39.1 Å². The summed E-state index contributed by atoms with van der Waals surface area (Å²) in [5.41, 5.74) is 1.63. The van der Waals surface area contributed by atoms with Gasteiger partial charge in [-0.25, -0.2) is 21.6 Å². The highest BCUT2D eigenvalue weighted by molar-refractivity contribution is 7.91. The molecule has 0 spiro atoms. The Labute approximate surface area is 126 Å². The number of aromatic nitrogens is 1. The van der Waals surface area contributed by atoms with Crippen molar-refractivity contribution in [2.24, 2.45) is 5.92 Å². The molecule has 2 rings (SSSR count). The first-order valence-corrected chi connectivity index (χ1v) is 10.3. The summed E-state index contributed by atoms with van der Waals surface area (Å²) in [5, 5.41) is 0. The summed E-state index contributed by atoms with van der Waals surface area (Å²) in [6.07, 6.45) is 2.58. The van der Waals surface area contributed by atoms with Gasteiger partial charge in [0, 0.05) is 6.20 Å². The Bertz CT molecular complexity index is 699. The molecular weight excluding hydrogens is 312 g/mol. The number of sulfone groups is 1. The number of sulfonamides is 1. The van der Waals surface area contributed by atoms with E-state index in [-0.39, 0.29) is 29.7 Å². The van der Waals surface area contributed by atoms with Gasteiger partial charge >= 0.3 is 0 Å². The van der Waals surface area contributed by atoms with Crippen molar-refractivity contribution < 1.29 is 16.8 Å². The molecule has 1 aliphatic heterocycles. The first-order valence-electron chi connectivity index (χ1n) is 6.86. The summed E-state index contributed by atoms with van der Waals surface area (Å²) in [7, 11) is -6.36. The van der Waals surface area contributed by atoms with Gasteiger partial charge in [-0.05, 0) is 37.3 Å². The van der Waals surface area contributed by atoms with Crippen molar-refractivity contribution in [1.82, 2.24) is 9.71 Å². The van der Waals surface area contributed by atoms with E-state index in [0.29, 0.717) is 18.5 Å². The fraction of sp³-hybridized carbons (Fsp3) is 0.615. The molecule has 1 fully saturated rings. The van der Waals surface area contributed by atoms with E-state index in [1.54, 1.807) is 12.3 Å². The third-order valence-electron chi connectivity index (χ3n) is 3.70. The lowest BCUT2D eigenvalue weighted by molar-refractivity contribution is 0.543. The summed E-state index contributed by atoms with van der Waals surface area (Å²) < 4.78 is 49.1. The Balaban J connectivity index is 1.84. The molecule has 118 valence electrons. The standard InChI is InChI=1S/C13H20N2O4S2/c1-11-3-2-6-14-13(11)9-15-21(18,19)8-5-12-4-7-20(16,17)10-12/h2-3,6,12,15H,4-5,7-10H2,1H3. The predicted octanol–water partition coefficient (Wildman–Crippen LogP) is 0.634. The van der Waals surface area contributed by atoms with Crippen LogP contribution >= 0.6 is 0 Å². The summed E-state index contributed by atoms with van der Waals surface area (Å²) in [4.78, 5) is 4.13. The predicted molar refractivity (Wildman–Crippen MR) is 81.0 cm³/mol. The van der Waals surface area contributed by atoms with Crippen LogP contribution < -0.4 is 4.72 Å². The summed E-state index contributed by atoms with van der Waals surface area (Å²) >= 11 is 0. The highest BCUT2D eigenvalue weighted by Gasteiger charge is 2.28. The van der Waals surface area contributed by atoms with Crippen LogP contribution in [0.5, 0.6) is 0 Å². The monoisotopic (exact) mass is 332 g/mol. The van der Waals surface area contributed by atoms with Gasteiger partial charge in [0.05, 0.1) is 29.5 Å². The van der Waals surface area contributed by atoms with E-state index in [1.165, 1.54) is 0 Å². The van der Waals surface area contributed by atoms with Gasteiger partial charge in [-0.2, -0.15) is 0 Å². The molecule has 0 aromatic carbocycles. The van der Waals surface area contributed by atoms with E-state index in [2.05, 4.69) is 9.71 Å². The Hall–Kier alpha value is -0.990. The number of nitrogens with zero attached hydrogens (tertiary/aromatic N) is 1. The number of nitrogens with one attached hydrogen (secondary N) is 1. The lowest BCUT2D eigenvalue weighted by Gasteiger charge is -2.10. The molecule has 1 aliphatic rings. The van der Waals surface area contributed by atoms with Crippen LogP contribution in [0.4, 0.5) is 0 Å². The molecule has 1 aromatic heterocycles. The zero-order valence-corrected chi connectivity index (χ0v) is 13.6. The fourth-order valence-electron chi connectivity index (χ4n) is 2.38. The van der Waals surface area contributed by atoms with Crippen molar-refractivity contribution in [3.63, 3.8) is 0 Å².